The number of amides is 1. The molecule has 0 N–H and O–H groups in total. The van der Waals surface area contributed by atoms with E-state index in [0.29, 0.717) is 25.2 Å². The molecule has 18 heavy (non-hydrogen) atoms. The fourth-order valence-electron chi connectivity index (χ4n) is 1.96. The Hall–Kier alpha value is -0.610. The summed E-state index contributed by atoms with van der Waals surface area (Å²) in [5, 5.41) is 0. The molecule has 0 aromatic rings. The number of nitrogens with zero attached hydrogens (tertiary/aromatic N) is 1. The standard InChI is InChI=1S/C14H29NO3/c1-6-13(7-2)15(10-12(3)4)14(16)11-18-9-8-17-5/h12-13H,6-11H2,1-5H3. The highest BCUT2D eigenvalue weighted by Gasteiger charge is 2.21. The summed E-state index contributed by atoms with van der Waals surface area (Å²) in [4.78, 5) is 14.1. The molecule has 0 rings (SSSR count). The Labute approximate surface area is 112 Å². The number of carbonyl (C=O) groups excluding carboxylic acids is 1. The minimum atomic E-state index is 0.0912. The summed E-state index contributed by atoms with van der Waals surface area (Å²) in [6.45, 7) is 10.5. The first-order valence-corrected chi connectivity index (χ1v) is 6.92. The topological polar surface area (TPSA) is 38.8 Å². The molecule has 0 spiro atoms. The zero-order valence-corrected chi connectivity index (χ0v) is 12.6. The molecule has 0 radical (unpaired) electrons. The van der Waals surface area contributed by atoms with Gasteiger partial charge in [0.1, 0.15) is 6.61 Å². The Balaban J connectivity index is 4.30. The van der Waals surface area contributed by atoms with Crippen LogP contribution in [0.15, 0.2) is 0 Å². The Morgan fingerprint density at radius 1 is 1.17 bits per heavy atom. The van der Waals surface area contributed by atoms with E-state index in [9.17, 15) is 4.79 Å². The van der Waals surface area contributed by atoms with Crippen molar-refractivity contribution in [3.63, 3.8) is 0 Å². The van der Waals surface area contributed by atoms with Crippen molar-refractivity contribution in [3.8, 4) is 0 Å². The van der Waals surface area contributed by atoms with Crippen LogP contribution in [0.3, 0.4) is 0 Å². The van der Waals surface area contributed by atoms with Gasteiger partial charge >= 0.3 is 0 Å². The second-order valence-electron chi connectivity index (χ2n) is 4.96. The SMILES string of the molecule is CCC(CC)N(CC(C)C)C(=O)COCCOC. The lowest BCUT2D eigenvalue weighted by atomic mass is 10.1. The van der Waals surface area contributed by atoms with Gasteiger partial charge in [-0.2, -0.15) is 0 Å². The third-order valence-electron chi connectivity index (χ3n) is 2.92. The molecule has 0 atom stereocenters. The minimum Gasteiger partial charge on any atom is -0.382 e. The van der Waals surface area contributed by atoms with Crippen molar-refractivity contribution in [2.75, 3.05) is 33.5 Å². The van der Waals surface area contributed by atoms with Gasteiger partial charge in [-0.3, -0.25) is 4.79 Å². The van der Waals surface area contributed by atoms with E-state index in [-0.39, 0.29) is 12.5 Å². The smallest absolute Gasteiger partial charge is 0.248 e. The molecule has 0 saturated carbocycles. The zero-order chi connectivity index (χ0) is 14.0. The second kappa shape index (κ2) is 10.3. The van der Waals surface area contributed by atoms with E-state index in [1.165, 1.54) is 0 Å². The minimum absolute atomic E-state index is 0.0912. The molecule has 4 nitrogen and oxygen atoms in total. The van der Waals surface area contributed by atoms with E-state index >= 15 is 0 Å². The van der Waals surface area contributed by atoms with Crippen LogP contribution in [0.4, 0.5) is 0 Å². The zero-order valence-electron chi connectivity index (χ0n) is 12.6. The van der Waals surface area contributed by atoms with E-state index in [0.717, 1.165) is 19.4 Å². The monoisotopic (exact) mass is 259 g/mol. The predicted molar refractivity (Wildman–Crippen MR) is 73.6 cm³/mol. The van der Waals surface area contributed by atoms with Crippen LogP contribution < -0.4 is 0 Å². The Morgan fingerprint density at radius 3 is 2.22 bits per heavy atom. The van der Waals surface area contributed by atoms with Gasteiger partial charge in [-0.05, 0) is 18.8 Å². The van der Waals surface area contributed by atoms with E-state index < -0.39 is 0 Å². The van der Waals surface area contributed by atoms with E-state index in [2.05, 4.69) is 27.7 Å². The van der Waals surface area contributed by atoms with Gasteiger partial charge in [0.05, 0.1) is 13.2 Å². The molecule has 0 aliphatic carbocycles. The fraction of sp³-hybridized carbons (Fsp3) is 0.929. The number of hydrogen-bond acceptors (Lipinski definition) is 3. The first kappa shape index (κ1) is 17.4. The van der Waals surface area contributed by atoms with Crippen LogP contribution in [0, 0.1) is 5.92 Å². The largest absolute Gasteiger partial charge is 0.382 e. The molecule has 0 aromatic carbocycles. The van der Waals surface area contributed by atoms with E-state index in [4.69, 9.17) is 9.47 Å². The highest BCUT2D eigenvalue weighted by molar-refractivity contribution is 5.77. The molecule has 0 aliphatic heterocycles. The Kier molecular flexibility index (Phi) is 9.98. The Bertz CT molecular complexity index is 215. The van der Waals surface area contributed by atoms with Crippen molar-refractivity contribution in [2.45, 2.75) is 46.6 Å². The number of carbonyl (C=O) groups is 1. The van der Waals surface area contributed by atoms with Gasteiger partial charge in [0.15, 0.2) is 0 Å². The van der Waals surface area contributed by atoms with Gasteiger partial charge in [0.25, 0.3) is 0 Å². The van der Waals surface area contributed by atoms with Crippen molar-refractivity contribution in [1.82, 2.24) is 4.90 Å². The maximum atomic E-state index is 12.2. The first-order valence-electron chi connectivity index (χ1n) is 6.92. The molecule has 108 valence electrons. The average molecular weight is 259 g/mol. The van der Waals surface area contributed by atoms with Gasteiger partial charge in [0, 0.05) is 19.7 Å². The highest BCUT2D eigenvalue weighted by Crippen LogP contribution is 2.12. The lowest BCUT2D eigenvalue weighted by Crippen LogP contribution is -2.44. The van der Waals surface area contributed by atoms with Crippen molar-refractivity contribution in [2.24, 2.45) is 5.92 Å². The van der Waals surface area contributed by atoms with E-state index in [1.54, 1.807) is 7.11 Å². The van der Waals surface area contributed by atoms with Crippen LogP contribution in [0.25, 0.3) is 0 Å². The van der Waals surface area contributed by atoms with Gasteiger partial charge < -0.3 is 14.4 Å². The number of methoxy groups -OCH3 is 1. The van der Waals surface area contributed by atoms with Crippen molar-refractivity contribution >= 4 is 5.91 Å². The normalized spacial score (nSPS) is 11.3. The fourth-order valence-corrected chi connectivity index (χ4v) is 1.96. The summed E-state index contributed by atoms with van der Waals surface area (Å²) < 4.78 is 10.2. The molecule has 0 aromatic heterocycles. The Morgan fingerprint density at radius 2 is 1.78 bits per heavy atom. The van der Waals surface area contributed by atoms with Crippen molar-refractivity contribution < 1.29 is 14.3 Å². The van der Waals surface area contributed by atoms with Crippen LogP contribution in [0.5, 0.6) is 0 Å². The summed E-state index contributed by atoms with van der Waals surface area (Å²) in [6, 6.07) is 0.325. The molecular weight excluding hydrogens is 230 g/mol. The second-order valence-corrected chi connectivity index (χ2v) is 4.96. The lowest BCUT2D eigenvalue weighted by Gasteiger charge is -2.32. The number of ether oxygens (including phenoxy) is 2. The van der Waals surface area contributed by atoms with Gasteiger partial charge in [0.2, 0.25) is 5.91 Å². The molecule has 0 heterocycles. The van der Waals surface area contributed by atoms with Crippen LogP contribution in [0.2, 0.25) is 0 Å². The van der Waals surface area contributed by atoms with Gasteiger partial charge in [-0.15, -0.1) is 0 Å². The summed E-state index contributed by atoms with van der Waals surface area (Å²) in [5.74, 6) is 0.571. The molecule has 0 aliphatic rings. The third kappa shape index (κ3) is 6.97. The third-order valence-corrected chi connectivity index (χ3v) is 2.92. The molecule has 0 bridgehead atoms. The molecule has 4 heteroatoms. The van der Waals surface area contributed by atoms with Crippen LogP contribution in [-0.4, -0.2) is 50.3 Å². The lowest BCUT2D eigenvalue weighted by molar-refractivity contribution is -0.139. The van der Waals surface area contributed by atoms with E-state index in [1.807, 2.05) is 4.90 Å². The summed E-state index contributed by atoms with van der Waals surface area (Å²) in [5.41, 5.74) is 0. The number of rotatable bonds is 10. The van der Waals surface area contributed by atoms with Crippen molar-refractivity contribution in [1.29, 1.82) is 0 Å². The quantitative estimate of drug-likeness (QED) is 0.565. The maximum Gasteiger partial charge on any atom is 0.248 e. The first-order chi connectivity index (χ1) is 8.56. The van der Waals surface area contributed by atoms with Crippen LogP contribution in [0.1, 0.15) is 40.5 Å². The van der Waals surface area contributed by atoms with Gasteiger partial charge in [-0.25, -0.2) is 0 Å². The summed E-state index contributed by atoms with van der Waals surface area (Å²) in [6.07, 6.45) is 1.99. The molecule has 1 amide bonds. The molecule has 0 saturated heterocycles. The summed E-state index contributed by atoms with van der Waals surface area (Å²) >= 11 is 0. The van der Waals surface area contributed by atoms with Crippen LogP contribution in [-0.2, 0) is 14.3 Å². The highest BCUT2D eigenvalue weighted by atomic mass is 16.5. The molecule has 0 unspecified atom stereocenters. The average Bonchev–Trinajstić information content (AvgIpc) is 2.34. The van der Waals surface area contributed by atoms with Gasteiger partial charge in [-0.1, -0.05) is 27.7 Å². The summed E-state index contributed by atoms with van der Waals surface area (Å²) in [7, 11) is 1.63. The number of hydrogen-bond donors (Lipinski definition) is 0. The predicted octanol–water partition coefficient (Wildman–Crippen LogP) is 2.32. The molecule has 0 fully saturated rings. The maximum absolute atomic E-state index is 12.2. The molecular formula is C14H29NO3. The van der Waals surface area contributed by atoms with Crippen molar-refractivity contribution in [3.05, 3.63) is 0 Å². The van der Waals surface area contributed by atoms with Crippen LogP contribution >= 0.6 is 0 Å².